The highest BCUT2D eigenvalue weighted by atomic mass is 32.2. The van der Waals surface area contributed by atoms with Crippen LogP contribution in [0.5, 0.6) is 0 Å². The van der Waals surface area contributed by atoms with Crippen LogP contribution < -0.4 is 10.6 Å². The third-order valence-corrected chi connectivity index (χ3v) is 5.73. The summed E-state index contributed by atoms with van der Waals surface area (Å²) >= 11 is 1.04. The summed E-state index contributed by atoms with van der Waals surface area (Å²) in [4.78, 5) is 12.0. The second kappa shape index (κ2) is 8.34. The van der Waals surface area contributed by atoms with E-state index in [1.807, 2.05) is 11.6 Å². The number of nitrogens with one attached hydrogen (secondary N) is 1. The number of nitrogens with zero attached hydrogens (tertiary/aromatic N) is 3. The smallest absolute Gasteiger partial charge is 0.264 e. The van der Waals surface area contributed by atoms with Crippen LogP contribution in [0.25, 0.3) is 0 Å². The molecule has 2 aromatic rings. The zero-order chi connectivity index (χ0) is 18.4. The van der Waals surface area contributed by atoms with Crippen LogP contribution in [-0.2, 0) is 21.2 Å². The first-order valence-corrected chi connectivity index (χ1v) is 10.2. The Morgan fingerprint density at radius 1 is 1.28 bits per heavy atom. The zero-order valence-corrected chi connectivity index (χ0v) is 15.7. The van der Waals surface area contributed by atoms with Crippen molar-refractivity contribution in [3.05, 3.63) is 35.7 Å². The van der Waals surface area contributed by atoms with Crippen LogP contribution in [0.2, 0.25) is 0 Å². The molecular weight excluding hydrogens is 362 g/mol. The minimum absolute atomic E-state index is 0.0419. The van der Waals surface area contributed by atoms with Crippen molar-refractivity contribution >= 4 is 27.7 Å². The summed E-state index contributed by atoms with van der Waals surface area (Å²) in [5, 5.41) is 8.27. The first-order chi connectivity index (χ1) is 11.8. The number of amides is 1. The number of carbonyl (C=O) groups is 1. The Bertz CT molecular complexity index is 831. The Hall–Kier alpha value is -2.07. The van der Waals surface area contributed by atoms with Crippen molar-refractivity contribution in [1.29, 1.82) is 0 Å². The van der Waals surface area contributed by atoms with Crippen LogP contribution in [0, 0.1) is 6.92 Å². The average Bonchev–Trinajstić information content (AvgIpc) is 2.91. The number of sulfonamides is 1. The number of benzene rings is 1. The predicted octanol–water partition coefficient (Wildman–Crippen LogP) is 1.24. The molecule has 0 unspecified atom stereocenters. The van der Waals surface area contributed by atoms with Gasteiger partial charge in [0, 0.05) is 6.42 Å². The fourth-order valence-electron chi connectivity index (χ4n) is 2.00. The van der Waals surface area contributed by atoms with Crippen LogP contribution in [0.4, 0.5) is 0 Å². The van der Waals surface area contributed by atoms with E-state index in [-0.39, 0.29) is 10.6 Å². The summed E-state index contributed by atoms with van der Waals surface area (Å²) in [6, 6.07) is 6.24. The summed E-state index contributed by atoms with van der Waals surface area (Å²) in [6.07, 6.45) is 2.65. The Balaban J connectivity index is 1.94. The molecule has 0 aliphatic carbocycles. The molecule has 3 N–H and O–H groups in total. The van der Waals surface area contributed by atoms with E-state index in [0.717, 1.165) is 30.2 Å². The highest BCUT2D eigenvalue weighted by molar-refractivity contribution is 8.00. The maximum atomic E-state index is 12.2. The fourth-order valence-corrected chi connectivity index (χ4v) is 3.75. The second-order valence-corrected chi connectivity index (χ2v) is 8.13. The normalized spacial score (nSPS) is 11.4. The number of nitrogens with two attached hydrogens (primary N) is 1. The fraction of sp³-hybridized carbons (Fsp3) is 0.400. The molecule has 0 aliphatic rings. The quantitative estimate of drug-likeness (QED) is 0.520. The highest BCUT2D eigenvalue weighted by Gasteiger charge is 2.18. The van der Waals surface area contributed by atoms with E-state index < -0.39 is 15.9 Å². The van der Waals surface area contributed by atoms with E-state index in [1.165, 1.54) is 16.8 Å². The van der Waals surface area contributed by atoms with Crippen molar-refractivity contribution in [1.82, 2.24) is 19.6 Å². The molecule has 10 heteroatoms. The van der Waals surface area contributed by atoms with Crippen LogP contribution >= 0.6 is 11.8 Å². The molecule has 0 saturated heterocycles. The van der Waals surface area contributed by atoms with Gasteiger partial charge >= 0.3 is 0 Å². The number of unbranched alkanes of at least 4 members (excludes halogenated alkanes) is 1. The molecular formula is C15H21N5O3S2. The zero-order valence-electron chi connectivity index (χ0n) is 14.1. The molecule has 0 saturated carbocycles. The van der Waals surface area contributed by atoms with Gasteiger partial charge in [-0.25, -0.2) is 17.8 Å². The van der Waals surface area contributed by atoms with E-state index in [2.05, 4.69) is 17.1 Å². The number of rotatable bonds is 8. The molecule has 25 heavy (non-hydrogen) atoms. The molecule has 8 nitrogen and oxygen atoms in total. The topological polar surface area (TPSA) is 120 Å². The van der Waals surface area contributed by atoms with E-state index in [9.17, 15) is 13.2 Å². The van der Waals surface area contributed by atoms with Gasteiger partial charge in [-0.2, -0.15) is 0 Å². The average molecular weight is 383 g/mol. The third kappa shape index (κ3) is 5.20. The largest absolute Gasteiger partial charge is 0.336 e. The van der Waals surface area contributed by atoms with Crippen LogP contribution in [0.15, 0.2) is 34.3 Å². The number of aromatic nitrogens is 3. The molecule has 0 aliphatic heterocycles. The maximum Gasteiger partial charge on any atom is 0.264 e. The molecule has 0 atom stereocenters. The lowest BCUT2D eigenvalue weighted by Crippen LogP contribution is -2.32. The molecule has 1 aromatic heterocycles. The summed E-state index contributed by atoms with van der Waals surface area (Å²) < 4.78 is 27.7. The van der Waals surface area contributed by atoms with Gasteiger partial charge in [0.1, 0.15) is 0 Å². The maximum absolute atomic E-state index is 12.2. The Morgan fingerprint density at radius 2 is 1.96 bits per heavy atom. The van der Waals surface area contributed by atoms with Gasteiger partial charge < -0.3 is 5.84 Å². The minimum atomic E-state index is -3.88. The van der Waals surface area contributed by atoms with Gasteiger partial charge in [0.2, 0.25) is 11.1 Å². The minimum Gasteiger partial charge on any atom is -0.336 e. The summed E-state index contributed by atoms with van der Waals surface area (Å²) in [6.45, 7) is 3.91. The second-order valence-electron chi connectivity index (χ2n) is 5.50. The van der Waals surface area contributed by atoms with E-state index in [0.29, 0.717) is 17.4 Å². The van der Waals surface area contributed by atoms with E-state index in [1.54, 1.807) is 12.1 Å². The van der Waals surface area contributed by atoms with Crippen molar-refractivity contribution in [2.45, 2.75) is 43.2 Å². The number of carbonyl (C=O) groups excluding carboxylic acids is 1. The van der Waals surface area contributed by atoms with Gasteiger partial charge in [0.15, 0.2) is 5.82 Å². The van der Waals surface area contributed by atoms with Crippen molar-refractivity contribution < 1.29 is 13.2 Å². The lowest BCUT2D eigenvalue weighted by molar-refractivity contribution is -0.116. The van der Waals surface area contributed by atoms with Gasteiger partial charge in [-0.05, 0) is 25.5 Å². The van der Waals surface area contributed by atoms with Gasteiger partial charge in [-0.15, -0.1) is 10.2 Å². The lowest BCUT2D eigenvalue weighted by atomic mass is 10.2. The molecule has 0 radical (unpaired) electrons. The summed E-state index contributed by atoms with van der Waals surface area (Å²) in [7, 11) is -3.88. The molecule has 0 bridgehead atoms. The molecule has 1 amide bonds. The first kappa shape index (κ1) is 19.3. The van der Waals surface area contributed by atoms with Gasteiger partial charge in [0.05, 0.1) is 10.6 Å². The molecule has 136 valence electrons. The van der Waals surface area contributed by atoms with Gasteiger partial charge in [0.25, 0.3) is 10.0 Å². The SMILES string of the molecule is CCCCc1nnc(SCC(=O)NS(=O)(=O)c2ccc(C)cc2)n1N. The highest BCUT2D eigenvalue weighted by Crippen LogP contribution is 2.16. The third-order valence-electron chi connectivity index (χ3n) is 3.40. The van der Waals surface area contributed by atoms with Crippen molar-refractivity contribution in [3.63, 3.8) is 0 Å². The molecule has 2 rings (SSSR count). The Kier molecular flexibility index (Phi) is 6.43. The van der Waals surface area contributed by atoms with E-state index >= 15 is 0 Å². The van der Waals surface area contributed by atoms with Crippen molar-refractivity contribution in [2.24, 2.45) is 0 Å². The molecule has 1 aromatic carbocycles. The molecule has 0 spiro atoms. The first-order valence-electron chi connectivity index (χ1n) is 7.78. The lowest BCUT2D eigenvalue weighted by Gasteiger charge is -2.07. The number of hydrogen-bond donors (Lipinski definition) is 2. The number of nitrogen functional groups attached to an aromatic ring is 1. The van der Waals surface area contributed by atoms with Gasteiger partial charge in [-0.3, -0.25) is 4.79 Å². The van der Waals surface area contributed by atoms with Crippen LogP contribution in [-0.4, -0.2) is 35.0 Å². The van der Waals surface area contributed by atoms with Crippen molar-refractivity contribution in [2.75, 3.05) is 11.6 Å². The van der Waals surface area contributed by atoms with Gasteiger partial charge in [-0.1, -0.05) is 42.8 Å². The number of hydrogen-bond acceptors (Lipinski definition) is 7. The Morgan fingerprint density at radius 3 is 2.60 bits per heavy atom. The van der Waals surface area contributed by atoms with E-state index in [4.69, 9.17) is 5.84 Å². The summed E-state index contributed by atoms with van der Waals surface area (Å²) in [5.74, 6) is 5.74. The molecule has 1 heterocycles. The van der Waals surface area contributed by atoms with Crippen molar-refractivity contribution in [3.8, 4) is 0 Å². The van der Waals surface area contributed by atoms with Crippen LogP contribution in [0.3, 0.4) is 0 Å². The predicted molar refractivity (Wildman–Crippen MR) is 96.0 cm³/mol. The number of thioether (sulfide) groups is 1. The monoisotopic (exact) mass is 383 g/mol. The molecule has 0 fully saturated rings. The standard InChI is InChI=1S/C15H21N5O3S2/c1-3-4-5-13-17-18-15(20(13)16)24-10-14(21)19-25(22,23)12-8-6-11(2)7-9-12/h6-9H,3-5,10,16H2,1-2H3,(H,19,21). The number of aryl methyl sites for hydroxylation is 2. The Labute approximate surface area is 151 Å². The van der Waals surface area contributed by atoms with Crippen LogP contribution in [0.1, 0.15) is 31.2 Å². The summed E-state index contributed by atoms with van der Waals surface area (Å²) in [5.41, 5.74) is 0.932.